The van der Waals surface area contributed by atoms with Gasteiger partial charge >= 0.3 is 0 Å². The zero-order valence-electron chi connectivity index (χ0n) is 14.4. The van der Waals surface area contributed by atoms with E-state index in [1.165, 1.54) is 48.2 Å². The molecule has 1 saturated heterocycles. The maximum absolute atomic E-state index is 3.59. The molecule has 0 unspecified atom stereocenters. The van der Waals surface area contributed by atoms with Crippen LogP contribution in [0.25, 0.3) is 5.57 Å². The molecule has 0 bridgehead atoms. The van der Waals surface area contributed by atoms with Gasteiger partial charge in [0.1, 0.15) is 0 Å². The minimum Gasteiger partial charge on any atom is -0.361 e. The number of nitrogens with zero attached hydrogens (tertiary/aromatic N) is 1. The quantitative estimate of drug-likeness (QED) is 0.788. The first-order valence-electron chi connectivity index (χ1n) is 9.04. The van der Waals surface area contributed by atoms with E-state index in [2.05, 4.69) is 80.1 Å². The Labute approximate surface area is 158 Å². The van der Waals surface area contributed by atoms with E-state index < -0.39 is 0 Å². The third-order valence-corrected chi connectivity index (χ3v) is 5.51. The molecule has 2 aromatic rings. The van der Waals surface area contributed by atoms with Crippen LogP contribution in [0.3, 0.4) is 0 Å². The number of hydrogen-bond acceptors (Lipinski definition) is 3. The van der Waals surface area contributed by atoms with Gasteiger partial charge in [-0.1, -0.05) is 34.1 Å². The Balaban J connectivity index is 1.44. The number of fused-ring (bicyclic) bond motifs is 1. The summed E-state index contributed by atoms with van der Waals surface area (Å²) in [5.41, 5.74) is 6.51. The number of anilines is 1. The normalized spacial score (nSPS) is 19.2. The van der Waals surface area contributed by atoms with E-state index in [0.717, 1.165) is 29.8 Å². The first kappa shape index (κ1) is 16.8. The SMILES string of the molecule is Brc1ccc2c(c1)C(=CNc1ccc(CN3CCCC3)cc1)CNC2. The lowest BCUT2D eigenvalue weighted by Gasteiger charge is -2.21. The van der Waals surface area contributed by atoms with Crippen LogP contribution in [-0.4, -0.2) is 24.5 Å². The van der Waals surface area contributed by atoms with E-state index >= 15 is 0 Å². The molecular formula is C21H24BrN3. The van der Waals surface area contributed by atoms with Gasteiger partial charge in [0.2, 0.25) is 0 Å². The van der Waals surface area contributed by atoms with Gasteiger partial charge in [0.25, 0.3) is 0 Å². The Bertz CT molecular complexity index is 761. The summed E-state index contributed by atoms with van der Waals surface area (Å²) in [5.74, 6) is 0. The lowest BCUT2D eigenvalue weighted by atomic mass is 9.97. The van der Waals surface area contributed by atoms with E-state index in [1.807, 2.05) is 0 Å². The lowest BCUT2D eigenvalue weighted by Crippen LogP contribution is -2.23. The van der Waals surface area contributed by atoms with Gasteiger partial charge in [0, 0.05) is 36.0 Å². The molecule has 0 atom stereocenters. The van der Waals surface area contributed by atoms with Gasteiger partial charge in [0.05, 0.1) is 0 Å². The minimum atomic E-state index is 0.892. The van der Waals surface area contributed by atoms with Crippen LogP contribution in [0.4, 0.5) is 5.69 Å². The molecule has 25 heavy (non-hydrogen) atoms. The van der Waals surface area contributed by atoms with Crippen molar-refractivity contribution in [2.75, 3.05) is 25.0 Å². The number of benzene rings is 2. The molecule has 0 amide bonds. The van der Waals surface area contributed by atoms with E-state index in [0.29, 0.717) is 0 Å². The van der Waals surface area contributed by atoms with Gasteiger partial charge in [-0.2, -0.15) is 0 Å². The summed E-state index contributed by atoms with van der Waals surface area (Å²) in [4.78, 5) is 2.53. The van der Waals surface area contributed by atoms with Crippen LogP contribution in [0.15, 0.2) is 53.1 Å². The number of hydrogen-bond donors (Lipinski definition) is 2. The standard InChI is InChI=1S/C21H24BrN3/c22-19-6-5-17-12-23-13-18(21(17)11-19)14-24-20-7-3-16(4-8-20)15-25-9-1-2-10-25/h3-8,11,14,23-24H,1-2,9-10,12-13,15H2. The summed E-state index contributed by atoms with van der Waals surface area (Å²) >= 11 is 3.59. The fraction of sp³-hybridized carbons (Fsp3) is 0.333. The smallest absolute Gasteiger partial charge is 0.0380 e. The zero-order chi connectivity index (χ0) is 17.1. The van der Waals surface area contributed by atoms with Crippen molar-refractivity contribution >= 4 is 27.2 Å². The molecule has 1 fully saturated rings. The molecule has 130 valence electrons. The van der Waals surface area contributed by atoms with Gasteiger partial charge in [0.15, 0.2) is 0 Å². The van der Waals surface area contributed by atoms with E-state index in [1.54, 1.807) is 0 Å². The van der Waals surface area contributed by atoms with Crippen LogP contribution in [0, 0.1) is 0 Å². The Hall–Kier alpha value is -1.62. The zero-order valence-corrected chi connectivity index (χ0v) is 16.0. The fourth-order valence-corrected chi connectivity index (χ4v) is 3.99. The molecule has 0 saturated carbocycles. The lowest BCUT2D eigenvalue weighted by molar-refractivity contribution is 0.331. The maximum atomic E-state index is 3.59. The molecule has 2 aliphatic rings. The average Bonchev–Trinajstić information content (AvgIpc) is 3.14. The molecule has 3 nitrogen and oxygen atoms in total. The Kier molecular flexibility index (Phi) is 5.20. The van der Waals surface area contributed by atoms with E-state index in [4.69, 9.17) is 0 Å². The largest absolute Gasteiger partial charge is 0.361 e. The first-order chi connectivity index (χ1) is 12.3. The van der Waals surface area contributed by atoms with Crippen molar-refractivity contribution in [3.8, 4) is 0 Å². The van der Waals surface area contributed by atoms with Gasteiger partial charge in [-0.05, 0) is 72.5 Å². The predicted molar refractivity (Wildman–Crippen MR) is 108 cm³/mol. The van der Waals surface area contributed by atoms with Crippen molar-refractivity contribution in [3.63, 3.8) is 0 Å². The van der Waals surface area contributed by atoms with Gasteiger partial charge in [-0.25, -0.2) is 0 Å². The highest BCUT2D eigenvalue weighted by Gasteiger charge is 2.14. The molecule has 0 aliphatic carbocycles. The van der Waals surface area contributed by atoms with Crippen LogP contribution in [0.2, 0.25) is 0 Å². The van der Waals surface area contributed by atoms with Gasteiger partial charge < -0.3 is 10.6 Å². The van der Waals surface area contributed by atoms with Crippen LogP contribution in [0.1, 0.15) is 29.5 Å². The fourth-order valence-electron chi connectivity index (χ4n) is 3.63. The van der Waals surface area contributed by atoms with Crippen LogP contribution < -0.4 is 10.6 Å². The van der Waals surface area contributed by atoms with Crippen molar-refractivity contribution in [1.82, 2.24) is 10.2 Å². The number of nitrogens with one attached hydrogen (secondary N) is 2. The van der Waals surface area contributed by atoms with Crippen molar-refractivity contribution in [2.45, 2.75) is 25.9 Å². The average molecular weight is 398 g/mol. The van der Waals surface area contributed by atoms with Gasteiger partial charge in [-0.15, -0.1) is 0 Å². The molecule has 0 aromatic heterocycles. The Morgan fingerprint density at radius 2 is 1.84 bits per heavy atom. The second kappa shape index (κ2) is 7.73. The maximum Gasteiger partial charge on any atom is 0.0380 e. The van der Waals surface area contributed by atoms with Crippen LogP contribution >= 0.6 is 15.9 Å². The summed E-state index contributed by atoms with van der Waals surface area (Å²) in [6.07, 6.45) is 4.82. The minimum absolute atomic E-state index is 0.892. The van der Waals surface area contributed by atoms with Crippen LogP contribution in [-0.2, 0) is 13.1 Å². The summed E-state index contributed by atoms with van der Waals surface area (Å²) in [6.45, 7) is 5.39. The summed E-state index contributed by atoms with van der Waals surface area (Å²) < 4.78 is 1.13. The second-order valence-corrected chi connectivity index (χ2v) is 7.81. The van der Waals surface area contributed by atoms with E-state index in [9.17, 15) is 0 Å². The molecule has 2 aliphatic heterocycles. The first-order valence-corrected chi connectivity index (χ1v) is 9.84. The highest BCUT2D eigenvalue weighted by atomic mass is 79.9. The summed E-state index contributed by atoms with van der Waals surface area (Å²) in [5, 5.41) is 6.93. The van der Waals surface area contributed by atoms with Crippen molar-refractivity contribution in [2.24, 2.45) is 0 Å². The molecule has 2 heterocycles. The molecule has 4 heteroatoms. The Morgan fingerprint density at radius 1 is 1.04 bits per heavy atom. The molecule has 0 radical (unpaired) electrons. The molecule has 0 spiro atoms. The van der Waals surface area contributed by atoms with Crippen molar-refractivity contribution < 1.29 is 0 Å². The number of likely N-dealkylation sites (tertiary alicyclic amines) is 1. The third kappa shape index (κ3) is 4.14. The highest BCUT2D eigenvalue weighted by molar-refractivity contribution is 9.10. The topological polar surface area (TPSA) is 27.3 Å². The van der Waals surface area contributed by atoms with E-state index in [-0.39, 0.29) is 0 Å². The second-order valence-electron chi connectivity index (χ2n) is 6.90. The number of rotatable bonds is 4. The Morgan fingerprint density at radius 3 is 2.64 bits per heavy atom. The van der Waals surface area contributed by atoms with Crippen molar-refractivity contribution in [3.05, 3.63) is 69.8 Å². The molecular weight excluding hydrogens is 374 g/mol. The third-order valence-electron chi connectivity index (χ3n) is 5.02. The predicted octanol–water partition coefficient (Wildman–Crippen LogP) is 4.60. The summed E-state index contributed by atoms with van der Waals surface area (Å²) in [6, 6.07) is 15.3. The van der Waals surface area contributed by atoms with Crippen molar-refractivity contribution in [1.29, 1.82) is 0 Å². The monoisotopic (exact) mass is 397 g/mol. The molecule has 2 aromatic carbocycles. The highest BCUT2D eigenvalue weighted by Crippen LogP contribution is 2.26. The molecule has 4 rings (SSSR count). The number of halogens is 1. The van der Waals surface area contributed by atoms with Crippen LogP contribution in [0.5, 0.6) is 0 Å². The molecule has 2 N–H and O–H groups in total. The van der Waals surface area contributed by atoms with Gasteiger partial charge in [-0.3, -0.25) is 4.90 Å². The summed E-state index contributed by atoms with van der Waals surface area (Å²) in [7, 11) is 0.